The molecule has 1 amide bonds. The third-order valence-corrected chi connectivity index (χ3v) is 5.00. The van der Waals surface area contributed by atoms with Crippen LogP contribution in [0.25, 0.3) is 0 Å². The number of benzene rings is 2. The fraction of sp³-hybridized carbons (Fsp3) is 0.350. The average Bonchev–Trinajstić information content (AvgIpc) is 3.10. The van der Waals surface area contributed by atoms with E-state index in [0.29, 0.717) is 6.54 Å². The minimum absolute atomic E-state index is 0.0387. The molecule has 2 unspecified atom stereocenters. The third-order valence-electron chi connectivity index (χ3n) is 4.75. The molecule has 1 aliphatic rings. The van der Waals surface area contributed by atoms with Crippen molar-refractivity contribution in [1.82, 2.24) is 5.32 Å². The summed E-state index contributed by atoms with van der Waals surface area (Å²) in [7, 11) is 1.65. The molecule has 0 radical (unpaired) electrons. The summed E-state index contributed by atoms with van der Waals surface area (Å²) in [5.74, 6) is 1.27. The normalized spacial score (nSPS) is 19.9. The first-order valence-corrected chi connectivity index (χ1v) is 8.71. The van der Waals surface area contributed by atoms with E-state index >= 15 is 0 Å². The number of ether oxygens (including phenoxy) is 1. The maximum Gasteiger partial charge on any atom is 0.223 e. The number of carbonyl (C=O) groups excluding carboxylic acids is 1. The van der Waals surface area contributed by atoms with E-state index in [2.05, 4.69) is 5.32 Å². The summed E-state index contributed by atoms with van der Waals surface area (Å²) < 4.78 is 5.22. The van der Waals surface area contributed by atoms with Crippen LogP contribution in [-0.2, 0) is 11.3 Å². The molecule has 24 heavy (non-hydrogen) atoms. The first-order valence-electron chi connectivity index (χ1n) is 8.33. The summed E-state index contributed by atoms with van der Waals surface area (Å²) in [6.45, 7) is 0.528. The molecule has 3 rings (SSSR count). The van der Waals surface area contributed by atoms with Crippen molar-refractivity contribution >= 4 is 17.5 Å². The maximum atomic E-state index is 12.7. The fourth-order valence-corrected chi connectivity index (χ4v) is 3.61. The van der Waals surface area contributed by atoms with Crippen LogP contribution < -0.4 is 10.1 Å². The van der Waals surface area contributed by atoms with Gasteiger partial charge in [-0.2, -0.15) is 0 Å². The molecule has 0 aliphatic heterocycles. The quantitative estimate of drug-likeness (QED) is 0.865. The van der Waals surface area contributed by atoms with E-state index in [-0.39, 0.29) is 17.7 Å². The highest BCUT2D eigenvalue weighted by atomic mass is 35.5. The predicted octanol–water partition coefficient (Wildman–Crippen LogP) is 4.55. The SMILES string of the molecule is COc1cccc(CNC(=O)C2CCCC2c2ccc(Cl)cc2)c1. The van der Waals surface area contributed by atoms with Gasteiger partial charge in [0.2, 0.25) is 5.91 Å². The van der Waals surface area contributed by atoms with Crippen molar-refractivity contribution in [1.29, 1.82) is 0 Å². The second-order valence-electron chi connectivity index (χ2n) is 6.26. The van der Waals surface area contributed by atoms with Gasteiger partial charge in [-0.05, 0) is 54.2 Å². The minimum Gasteiger partial charge on any atom is -0.497 e. The van der Waals surface area contributed by atoms with Gasteiger partial charge >= 0.3 is 0 Å². The van der Waals surface area contributed by atoms with Gasteiger partial charge in [0.15, 0.2) is 0 Å². The molecule has 1 saturated carbocycles. The standard InChI is InChI=1S/C20H22ClNO2/c1-24-17-5-2-4-14(12-17)13-22-20(23)19-7-3-6-18(19)15-8-10-16(21)11-9-15/h2,4-5,8-12,18-19H,3,6-7,13H2,1H3,(H,22,23). The van der Waals surface area contributed by atoms with Crippen LogP contribution in [-0.4, -0.2) is 13.0 Å². The van der Waals surface area contributed by atoms with Crippen molar-refractivity contribution in [3.63, 3.8) is 0 Å². The van der Waals surface area contributed by atoms with E-state index in [4.69, 9.17) is 16.3 Å². The Morgan fingerprint density at radius 2 is 2.00 bits per heavy atom. The van der Waals surface area contributed by atoms with Crippen molar-refractivity contribution in [2.75, 3.05) is 7.11 Å². The first kappa shape index (κ1) is 16.8. The molecule has 4 heteroatoms. The number of hydrogen-bond donors (Lipinski definition) is 1. The van der Waals surface area contributed by atoms with Gasteiger partial charge in [-0.3, -0.25) is 4.79 Å². The van der Waals surface area contributed by atoms with E-state index in [9.17, 15) is 4.79 Å². The van der Waals surface area contributed by atoms with Crippen molar-refractivity contribution in [2.45, 2.75) is 31.7 Å². The van der Waals surface area contributed by atoms with Gasteiger partial charge < -0.3 is 10.1 Å². The van der Waals surface area contributed by atoms with Crippen LogP contribution >= 0.6 is 11.6 Å². The molecule has 0 heterocycles. The molecular weight excluding hydrogens is 322 g/mol. The predicted molar refractivity (Wildman–Crippen MR) is 96.4 cm³/mol. The van der Waals surface area contributed by atoms with Gasteiger partial charge in [0.1, 0.15) is 5.75 Å². The number of carbonyl (C=O) groups is 1. The summed E-state index contributed by atoms with van der Waals surface area (Å²) in [5.41, 5.74) is 2.25. The smallest absolute Gasteiger partial charge is 0.223 e. The lowest BCUT2D eigenvalue weighted by molar-refractivity contribution is -0.125. The van der Waals surface area contributed by atoms with Gasteiger partial charge in [0, 0.05) is 17.5 Å². The van der Waals surface area contributed by atoms with E-state index in [1.165, 1.54) is 5.56 Å². The summed E-state index contributed by atoms with van der Waals surface area (Å²) in [4.78, 5) is 12.7. The number of amides is 1. The molecule has 3 nitrogen and oxygen atoms in total. The van der Waals surface area contributed by atoms with E-state index in [0.717, 1.165) is 35.6 Å². The van der Waals surface area contributed by atoms with Crippen LogP contribution in [0.1, 0.15) is 36.3 Å². The van der Waals surface area contributed by atoms with Crippen LogP contribution in [0, 0.1) is 5.92 Å². The molecular formula is C20H22ClNO2. The molecule has 126 valence electrons. The third kappa shape index (κ3) is 3.90. The Morgan fingerprint density at radius 1 is 1.21 bits per heavy atom. The van der Waals surface area contributed by atoms with E-state index in [1.54, 1.807) is 7.11 Å². The van der Waals surface area contributed by atoms with Crippen molar-refractivity contribution in [2.24, 2.45) is 5.92 Å². The molecule has 2 aromatic rings. The van der Waals surface area contributed by atoms with Crippen molar-refractivity contribution in [3.8, 4) is 5.75 Å². The molecule has 0 bridgehead atoms. The summed E-state index contributed by atoms with van der Waals surface area (Å²) in [6, 6.07) is 15.7. The first-order chi connectivity index (χ1) is 11.7. The molecule has 0 saturated heterocycles. The number of halogens is 1. The Hall–Kier alpha value is -2.00. The van der Waals surface area contributed by atoms with Crippen LogP contribution in [0.15, 0.2) is 48.5 Å². The Labute approximate surface area is 148 Å². The Balaban J connectivity index is 1.64. The average molecular weight is 344 g/mol. The van der Waals surface area contributed by atoms with Crippen LogP contribution in [0.3, 0.4) is 0 Å². The minimum atomic E-state index is 0.0387. The number of methoxy groups -OCH3 is 1. The summed E-state index contributed by atoms with van der Waals surface area (Å²) in [5, 5.41) is 3.81. The molecule has 0 aromatic heterocycles. The molecule has 1 N–H and O–H groups in total. The highest BCUT2D eigenvalue weighted by molar-refractivity contribution is 6.30. The largest absolute Gasteiger partial charge is 0.497 e. The Kier molecular flexibility index (Phi) is 5.41. The van der Waals surface area contributed by atoms with Gasteiger partial charge in [0.25, 0.3) is 0 Å². The van der Waals surface area contributed by atoms with Gasteiger partial charge in [-0.1, -0.05) is 42.3 Å². The highest BCUT2D eigenvalue weighted by Gasteiger charge is 2.33. The van der Waals surface area contributed by atoms with Gasteiger partial charge in [0.05, 0.1) is 7.11 Å². The number of rotatable bonds is 5. The highest BCUT2D eigenvalue weighted by Crippen LogP contribution is 2.40. The lowest BCUT2D eigenvalue weighted by atomic mass is 9.88. The lowest BCUT2D eigenvalue weighted by Gasteiger charge is -2.20. The molecule has 0 spiro atoms. The van der Waals surface area contributed by atoms with Crippen LogP contribution in [0.2, 0.25) is 5.02 Å². The van der Waals surface area contributed by atoms with Gasteiger partial charge in [-0.25, -0.2) is 0 Å². The van der Waals surface area contributed by atoms with Crippen molar-refractivity contribution < 1.29 is 9.53 Å². The number of hydrogen-bond acceptors (Lipinski definition) is 2. The molecule has 2 atom stereocenters. The Morgan fingerprint density at radius 3 is 2.75 bits per heavy atom. The Bertz CT molecular complexity index is 699. The zero-order valence-corrected chi connectivity index (χ0v) is 14.6. The number of nitrogens with one attached hydrogen (secondary N) is 1. The molecule has 2 aromatic carbocycles. The van der Waals surface area contributed by atoms with Crippen LogP contribution in [0.5, 0.6) is 5.75 Å². The fourth-order valence-electron chi connectivity index (χ4n) is 3.49. The molecule has 1 aliphatic carbocycles. The zero-order valence-electron chi connectivity index (χ0n) is 13.8. The maximum absolute atomic E-state index is 12.7. The van der Waals surface area contributed by atoms with E-state index in [1.807, 2.05) is 48.5 Å². The lowest BCUT2D eigenvalue weighted by Crippen LogP contribution is -2.31. The monoisotopic (exact) mass is 343 g/mol. The topological polar surface area (TPSA) is 38.3 Å². The molecule has 1 fully saturated rings. The summed E-state index contributed by atoms with van der Waals surface area (Å²) >= 11 is 5.97. The van der Waals surface area contributed by atoms with E-state index < -0.39 is 0 Å². The second-order valence-corrected chi connectivity index (χ2v) is 6.70. The van der Waals surface area contributed by atoms with Crippen molar-refractivity contribution in [3.05, 3.63) is 64.7 Å². The second kappa shape index (κ2) is 7.71. The zero-order chi connectivity index (χ0) is 16.9. The summed E-state index contributed by atoms with van der Waals surface area (Å²) in [6.07, 6.45) is 3.08. The van der Waals surface area contributed by atoms with Crippen LogP contribution in [0.4, 0.5) is 0 Å². The van der Waals surface area contributed by atoms with Gasteiger partial charge in [-0.15, -0.1) is 0 Å².